The molecule has 1 amide bonds. The Kier molecular flexibility index (Phi) is 5.06. The van der Waals surface area contributed by atoms with E-state index in [0.717, 1.165) is 13.1 Å². The zero-order chi connectivity index (χ0) is 15.5. The van der Waals surface area contributed by atoms with Crippen LogP contribution in [0.5, 0.6) is 0 Å². The normalized spacial score (nSPS) is 17.1. The van der Waals surface area contributed by atoms with Gasteiger partial charge in [0.05, 0.1) is 10.6 Å². The first-order valence-corrected chi connectivity index (χ1v) is 7.64. The third kappa shape index (κ3) is 4.08. The third-order valence-corrected chi connectivity index (χ3v) is 4.36. The van der Waals surface area contributed by atoms with Crippen molar-refractivity contribution in [1.29, 1.82) is 0 Å². The van der Waals surface area contributed by atoms with Crippen molar-refractivity contribution in [3.63, 3.8) is 0 Å². The van der Waals surface area contributed by atoms with Gasteiger partial charge >= 0.3 is 0 Å². The fourth-order valence-corrected chi connectivity index (χ4v) is 3.39. The third-order valence-electron chi connectivity index (χ3n) is 4.07. The highest BCUT2D eigenvalue weighted by Gasteiger charge is 2.34. The van der Waals surface area contributed by atoms with Crippen molar-refractivity contribution in [3.05, 3.63) is 22.8 Å². The molecular formula is C15H23ClN4O. The Hall–Kier alpha value is -1.33. The van der Waals surface area contributed by atoms with E-state index in [0.29, 0.717) is 16.4 Å². The Morgan fingerprint density at radius 3 is 2.67 bits per heavy atom. The van der Waals surface area contributed by atoms with Gasteiger partial charge in [-0.05, 0) is 33.0 Å². The number of carbonyl (C=O) groups is 1. The molecule has 0 saturated heterocycles. The minimum atomic E-state index is -0.518. The van der Waals surface area contributed by atoms with Crippen molar-refractivity contribution >= 4 is 23.3 Å². The van der Waals surface area contributed by atoms with E-state index in [4.69, 9.17) is 17.3 Å². The van der Waals surface area contributed by atoms with Crippen LogP contribution < -0.4 is 11.1 Å². The Bertz CT molecular complexity index is 512. The smallest absolute Gasteiger partial charge is 0.250 e. The van der Waals surface area contributed by atoms with E-state index in [1.165, 1.54) is 31.9 Å². The van der Waals surface area contributed by atoms with Gasteiger partial charge in [-0.3, -0.25) is 4.79 Å². The minimum absolute atomic E-state index is 0.275. The quantitative estimate of drug-likeness (QED) is 0.846. The number of nitrogens with zero attached hydrogens (tertiary/aromatic N) is 2. The lowest BCUT2D eigenvalue weighted by Gasteiger charge is -2.32. The molecule has 1 aromatic rings. The Balaban J connectivity index is 2.06. The number of pyridine rings is 1. The number of nitrogens with one attached hydrogen (secondary N) is 1. The lowest BCUT2D eigenvalue weighted by Crippen LogP contribution is -2.37. The fourth-order valence-electron chi connectivity index (χ4n) is 3.16. The van der Waals surface area contributed by atoms with Gasteiger partial charge in [0.2, 0.25) is 5.91 Å². The van der Waals surface area contributed by atoms with Crippen molar-refractivity contribution in [2.24, 2.45) is 11.1 Å². The van der Waals surface area contributed by atoms with Crippen molar-refractivity contribution < 1.29 is 4.79 Å². The zero-order valence-electron chi connectivity index (χ0n) is 12.7. The molecule has 1 aromatic heterocycles. The van der Waals surface area contributed by atoms with Gasteiger partial charge in [0, 0.05) is 24.7 Å². The number of hydrogen-bond donors (Lipinski definition) is 2. The van der Waals surface area contributed by atoms with E-state index in [1.807, 2.05) is 0 Å². The molecule has 3 N–H and O–H groups in total. The van der Waals surface area contributed by atoms with Gasteiger partial charge in [-0.1, -0.05) is 24.4 Å². The molecule has 0 aromatic carbocycles. The predicted molar refractivity (Wildman–Crippen MR) is 85.7 cm³/mol. The van der Waals surface area contributed by atoms with E-state index in [-0.39, 0.29) is 5.41 Å². The topological polar surface area (TPSA) is 71.2 Å². The molecule has 1 aliphatic rings. The first-order valence-electron chi connectivity index (χ1n) is 7.26. The van der Waals surface area contributed by atoms with E-state index in [2.05, 4.69) is 29.3 Å². The van der Waals surface area contributed by atoms with Crippen molar-refractivity contribution in [2.45, 2.75) is 25.7 Å². The molecule has 21 heavy (non-hydrogen) atoms. The largest absolute Gasteiger partial charge is 0.368 e. The summed E-state index contributed by atoms with van der Waals surface area (Å²) in [5, 5.41) is 3.78. The summed E-state index contributed by atoms with van der Waals surface area (Å²) >= 11 is 6.17. The molecule has 1 heterocycles. The van der Waals surface area contributed by atoms with E-state index < -0.39 is 5.91 Å². The number of carbonyl (C=O) groups excluding carboxylic acids is 1. The summed E-state index contributed by atoms with van der Waals surface area (Å²) < 4.78 is 0. The number of aromatic nitrogens is 1. The van der Waals surface area contributed by atoms with Crippen LogP contribution in [0.3, 0.4) is 0 Å². The summed E-state index contributed by atoms with van der Waals surface area (Å²) in [6, 6.07) is 1.56. The van der Waals surface area contributed by atoms with Crippen LogP contribution in [0.25, 0.3) is 0 Å². The zero-order valence-corrected chi connectivity index (χ0v) is 13.4. The Morgan fingerprint density at radius 2 is 2.14 bits per heavy atom. The first kappa shape index (κ1) is 16.0. The van der Waals surface area contributed by atoms with Crippen LogP contribution in [-0.4, -0.2) is 43.0 Å². The molecule has 116 valence electrons. The van der Waals surface area contributed by atoms with E-state index >= 15 is 0 Å². The summed E-state index contributed by atoms with van der Waals surface area (Å²) in [6.45, 7) is 1.89. The minimum Gasteiger partial charge on any atom is -0.368 e. The van der Waals surface area contributed by atoms with Gasteiger partial charge in [-0.25, -0.2) is 4.98 Å². The summed E-state index contributed by atoms with van der Waals surface area (Å²) in [7, 11) is 4.21. The lowest BCUT2D eigenvalue weighted by atomic mass is 9.85. The number of primary amides is 1. The molecule has 1 saturated carbocycles. The average Bonchev–Trinajstić information content (AvgIpc) is 2.85. The molecule has 0 radical (unpaired) electrons. The van der Waals surface area contributed by atoms with E-state index in [9.17, 15) is 4.79 Å². The first-order chi connectivity index (χ1) is 9.92. The summed E-state index contributed by atoms with van der Waals surface area (Å²) in [6.07, 6.45) is 6.45. The Morgan fingerprint density at radius 1 is 1.48 bits per heavy atom. The van der Waals surface area contributed by atoms with Crippen molar-refractivity contribution in [3.8, 4) is 0 Å². The fraction of sp³-hybridized carbons (Fsp3) is 0.600. The molecule has 6 heteroatoms. The van der Waals surface area contributed by atoms with Crippen LogP contribution in [0.15, 0.2) is 12.3 Å². The van der Waals surface area contributed by atoms with Gasteiger partial charge < -0.3 is 16.0 Å². The standard InChI is InChI=1S/C15H23ClN4O/c1-20(2)10-15(5-3-4-6-15)9-19-14-12(16)7-11(8-18-14)13(17)21/h7-8H,3-6,9-10H2,1-2H3,(H2,17,21)(H,18,19). The average molecular weight is 311 g/mol. The predicted octanol–water partition coefficient (Wildman–Crippen LogP) is 2.37. The summed E-state index contributed by atoms with van der Waals surface area (Å²) in [5.41, 5.74) is 5.82. The molecular weight excluding hydrogens is 288 g/mol. The number of anilines is 1. The van der Waals surface area contributed by atoms with E-state index in [1.54, 1.807) is 6.07 Å². The van der Waals surface area contributed by atoms with Gasteiger partial charge in [0.15, 0.2) is 0 Å². The van der Waals surface area contributed by atoms with Crippen LogP contribution in [0.1, 0.15) is 36.0 Å². The lowest BCUT2D eigenvalue weighted by molar-refractivity contribution is 0.1000. The molecule has 1 aliphatic carbocycles. The van der Waals surface area contributed by atoms with Crippen LogP contribution in [0.4, 0.5) is 5.82 Å². The van der Waals surface area contributed by atoms with Gasteiger partial charge in [0.1, 0.15) is 5.82 Å². The van der Waals surface area contributed by atoms with Crippen LogP contribution >= 0.6 is 11.6 Å². The summed E-state index contributed by atoms with van der Waals surface area (Å²) in [4.78, 5) is 17.5. The molecule has 0 unspecified atom stereocenters. The molecule has 0 spiro atoms. The number of rotatable bonds is 6. The highest BCUT2D eigenvalue weighted by atomic mass is 35.5. The number of halogens is 1. The number of hydrogen-bond acceptors (Lipinski definition) is 4. The molecule has 1 fully saturated rings. The summed E-state index contributed by atoms with van der Waals surface area (Å²) in [5.74, 6) is 0.0996. The molecule has 0 bridgehead atoms. The van der Waals surface area contributed by atoms with Gasteiger partial charge in [-0.15, -0.1) is 0 Å². The second kappa shape index (κ2) is 6.62. The molecule has 0 aliphatic heterocycles. The highest BCUT2D eigenvalue weighted by Crippen LogP contribution is 2.39. The van der Waals surface area contributed by atoms with Crippen molar-refractivity contribution in [1.82, 2.24) is 9.88 Å². The maximum absolute atomic E-state index is 11.1. The van der Waals surface area contributed by atoms with Crippen LogP contribution in [0.2, 0.25) is 5.02 Å². The van der Waals surface area contributed by atoms with Gasteiger partial charge in [-0.2, -0.15) is 0 Å². The SMILES string of the molecule is CN(C)CC1(CNc2ncc(C(N)=O)cc2Cl)CCCC1. The Labute approximate surface area is 130 Å². The maximum Gasteiger partial charge on any atom is 0.250 e. The molecule has 5 nitrogen and oxygen atoms in total. The second-order valence-electron chi connectivity index (χ2n) is 6.22. The number of nitrogens with two attached hydrogens (primary N) is 1. The van der Waals surface area contributed by atoms with Crippen LogP contribution in [-0.2, 0) is 0 Å². The monoisotopic (exact) mass is 310 g/mol. The second-order valence-corrected chi connectivity index (χ2v) is 6.62. The van der Waals surface area contributed by atoms with Crippen molar-refractivity contribution in [2.75, 3.05) is 32.5 Å². The van der Waals surface area contributed by atoms with Gasteiger partial charge in [0.25, 0.3) is 0 Å². The maximum atomic E-state index is 11.1. The number of amides is 1. The molecule has 2 rings (SSSR count). The molecule has 0 atom stereocenters. The highest BCUT2D eigenvalue weighted by molar-refractivity contribution is 6.33. The van der Waals surface area contributed by atoms with Crippen LogP contribution in [0, 0.1) is 5.41 Å².